The molecule has 0 heterocycles. The first-order valence-electron chi connectivity index (χ1n) is 7.24. The maximum absolute atomic E-state index is 11.7. The van der Waals surface area contributed by atoms with Gasteiger partial charge in [-0.15, -0.1) is 0 Å². The van der Waals surface area contributed by atoms with E-state index in [-0.39, 0.29) is 6.61 Å². The van der Waals surface area contributed by atoms with Gasteiger partial charge in [0.15, 0.2) is 0 Å². The number of aliphatic carboxylic acids is 1. The van der Waals surface area contributed by atoms with Gasteiger partial charge in [-0.1, -0.05) is 50.1 Å². The Kier molecular flexibility index (Phi) is 7.29. The number of unbranched alkanes of at least 4 members (excludes halogenated alkanes) is 1. The monoisotopic (exact) mass is 293 g/mol. The van der Waals surface area contributed by atoms with Gasteiger partial charge >= 0.3 is 12.1 Å². The standard InChI is InChI=1S/C16H23NO4/c1-3-4-10-14(15(18)19)12(2)17-16(20)21-11-13-8-6-5-7-9-13/h5-9,12,14H,3-4,10-11H2,1-2H3,(H,17,20)(H,18,19)/t12-,14-/m1/s1. The van der Waals surface area contributed by atoms with E-state index in [0.717, 1.165) is 18.4 Å². The zero-order valence-electron chi connectivity index (χ0n) is 12.5. The third kappa shape index (κ3) is 6.29. The average Bonchev–Trinajstić information content (AvgIpc) is 2.46. The van der Waals surface area contributed by atoms with Crippen LogP contribution in [0.3, 0.4) is 0 Å². The van der Waals surface area contributed by atoms with Crippen molar-refractivity contribution in [3.63, 3.8) is 0 Å². The minimum absolute atomic E-state index is 0.173. The van der Waals surface area contributed by atoms with Crippen molar-refractivity contribution in [2.45, 2.75) is 45.8 Å². The number of carbonyl (C=O) groups is 2. The van der Waals surface area contributed by atoms with E-state index in [9.17, 15) is 14.7 Å². The smallest absolute Gasteiger partial charge is 0.407 e. The summed E-state index contributed by atoms with van der Waals surface area (Å²) in [5.74, 6) is -1.48. The molecule has 1 amide bonds. The molecule has 21 heavy (non-hydrogen) atoms. The number of rotatable bonds is 8. The molecule has 2 N–H and O–H groups in total. The molecule has 0 aromatic heterocycles. The Labute approximate surface area is 125 Å². The number of ether oxygens (including phenoxy) is 1. The Bertz CT molecular complexity index is 447. The molecule has 1 rings (SSSR count). The molecule has 0 bridgehead atoms. The van der Waals surface area contributed by atoms with Gasteiger partial charge in [-0.25, -0.2) is 4.79 Å². The van der Waals surface area contributed by atoms with Crippen LogP contribution >= 0.6 is 0 Å². The van der Waals surface area contributed by atoms with Gasteiger partial charge in [-0.05, 0) is 18.9 Å². The SMILES string of the molecule is CCCC[C@@H](C(=O)O)[C@@H](C)NC(=O)OCc1ccccc1. The van der Waals surface area contributed by atoms with E-state index in [1.165, 1.54) is 0 Å². The number of amides is 1. The Morgan fingerprint density at radius 3 is 2.52 bits per heavy atom. The summed E-state index contributed by atoms with van der Waals surface area (Å²) in [6.07, 6.45) is 1.71. The van der Waals surface area contributed by atoms with Crippen molar-refractivity contribution >= 4 is 12.1 Å². The van der Waals surface area contributed by atoms with Crippen LogP contribution in [0.4, 0.5) is 4.79 Å². The molecule has 1 aromatic rings. The van der Waals surface area contributed by atoms with Gasteiger partial charge in [-0.3, -0.25) is 4.79 Å². The van der Waals surface area contributed by atoms with E-state index in [1.54, 1.807) is 6.92 Å². The van der Waals surface area contributed by atoms with Crippen molar-refractivity contribution in [2.24, 2.45) is 5.92 Å². The maximum atomic E-state index is 11.7. The number of nitrogens with one attached hydrogen (secondary N) is 1. The largest absolute Gasteiger partial charge is 0.481 e. The first kappa shape index (κ1) is 17.0. The molecule has 0 saturated carbocycles. The number of carboxylic acid groups (broad SMARTS) is 1. The quantitative estimate of drug-likeness (QED) is 0.771. The minimum atomic E-state index is -0.890. The molecule has 0 aliphatic heterocycles. The fraction of sp³-hybridized carbons (Fsp3) is 0.500. The number of hydrogen-bond donors (Lipinski definition) is 2. The molecule has 0 aliphatic rings. The fourth-order valence-corrected chi connectivity index (χ4v) is 2.06. The third-order valence-electron chi connectivity index (χ3n) is 3.35. The third-order valence-corrected chi connectivity index (χ3v) is 3.35. The minimum Gasteiger partial charge on any atom is -0.481 e. The Morgan fingerprint density at radius 2 is 1.95 bits per heavy atom. The Morgan fingerprint density at radius 1 is 1.29 bits per heavy atom. The molecule has 0 unspecified atom stereocenters. The number of carbonyl (C=O) groups excluding carboxylic acids is 1. The summed E-state index contributed by atoms with van der Waals surface area (Å²) >= 11 is 0. The lowest BCUT2D eigenvalue weighted by Gasteiger charge is -2.21. The van der Waals surface area contributed by atoms with Crippen molar-refractivity contribution in [2.75, 3.05) is 0 Å². The lowest BCUT2D eigenvalue weighted by atomic mass is 9.95. The molecular formula is C16H23NO4. The molecular weight excluding hydrogens is 270 g/mol. The normalized spacial score (nSPS) is 13.2. The van der Waals surface area contributed by atoms with Crippen LogP contribution < -0.4 is 5.32 Å². The summed E-state index contributed by atoms with van der Waals surface area (Å²) in [7, 11) is 0. The number of carboxylic acids is 1. The molecule has 2 atom stereocenters. The van der Waals surface area contributed by atoms with E-state index < -0.39 is 24.0 Å². The molecule has 116 valence electrons. The average molecular weight is 293 g/mol. The second-order valence-corrected chi connectivity index (χ2v) is 5.08. The first-order chi connectivity index (χ1) is 10.0. The number of hydrogen-bond acceptors (Lipinski definition) is 3. The van der Waals surface area contributed by atoms with E-state index in [2.05, 4.69) is 5.32 Å². The summed E-state index contributed by atoms with van der Waals surface area (Å²) in [5.41, 5.74) is 0.890. The van der Waals surface area contributed by atoms with Crippen LogP contribution in [0.5, 0.6) is 0 Å². The number of alkyl carbamates (subject to hydrolysis) is 1. The van der Waals surface area contributed by atoms with Crippen molar-refractivity contribution in [1.82, 2.24) is 5.32 Å². The van der Waals surface area contributed by atoms with E-state index in [1.807, 2.05) is 37.3 Å². The van der Waals surface area contributed by atoms with Gasteiger partial charge in [-0.2, -0.15) is 0 Å². The zero-order chi connectivity index (χ0) is 15.7. The molecule has 5 heteroatoms. The highest BCUT2D eigenvalue weighted by atomic mass is 16.5. The van der Waals surface area contributed by atoms with Gasteiger partial charge in [0.1, 0.15) is 6.61 Å². The van der Waals surface area contributed by atoms with Crippen LogP contribution in [-0.2, 0) is 16.1 Å². The molecule has 0 saturated heterocycles. The van der Waals surface area contributed by atoms with E-state index in [4.69, 9.17) is 4.74 Å². The number of benzene rings is 1. The molecule has 0 radical (unpaired) electrons. The maximum Gasteiger partial charge on any atom is 0.407 e. The highest BCUT2D eigenvalue weighted by molar-refractivity contribution is 5.73. The molecule has 5 nitrogen and oxygen atoms in total. The van der Waals surface area contributed by atoms with Crippen LogP contribution in [0.15, 0.2) is 30.3 Å². The highest BCUT2D eigenvalue weighted by Gasteiger charge is 2.25. The summed E-state index contributed by atoms with van der Waals surface area (Å²) in [6, 6.07) is 8.87. The zero-order valence-corrected chi connectivity index (χ0v) is 12.5. The van der Waals surface area contributed by atoms with Gasteiger partial charge in [0.2, 0.25) is 0 Å². The molecule has 0 aliphatic carbocycles. The second-order valence-electron chi connectivity index (χ2n) is 5.08. The van der Waals surface area contributed by atoms with Crippen molar-refractivity contribution in [1.29, 1.82) is 0 Å². The van der Waals surface area contributed by atoms with Gasteiger partial charge in [0.25, 0.3) is 0 Å². The van der Waals surface area contributed by atoms with E-state index >= 15 is 0 Å². The van der Waals surface area contributed by atoms with Crippen LogP contribution in [0.25, 0.3) is 0 Å². The predicted molar refractivity (Wildman–Crippen MR) is 79.9 cm³/mol. The van der Waals surface area contributed by atoms with Crippen molar-refractivity contribution in [3.05, 3.63) is 35.9 Å². The van der Waals surface area contributed by atoms with Gasteiger partial charge < -0.3 is 15.2 Å². The topological polar surface area (TPSA) is 75.6 Å². The molecule has 1 aromatic carbocycles. The molecule has 0 spiro atoms. The highest BCUT2D eigenvalue weighted by Crippen LogP contribution is 2.14. The summed E-state index contributed by atoms with van der Waals surface area (Å²) < 4.78 is 5.09. The van der Waals surface area contributed by atoms with Crippen LogP contribution in [0, 0.1) is 5.92 Å². The van der Waals surface area contributed by atoms with E-state index in [0.29, 0.717) is 6.42 Å². The lowest BCUT2D eigenvalue weighted by Crippen LogP contribution is -2.41. The summed E-state index contributed by atoms with van der Waals surface area (Å²) in [6.45, 7) is 3.87. The van der Waals surface area contributed by atoms with Crippen LogP contribution in [0.1, 0.15) is 38.7 Å². The van der Waals surface area contributed by atoms with Crippen molar-refractivity contribution < 1.29 is 19.4 Å². The van der Waals surface area contributed by atoms with Gasteiger partial charge in [0, 0.05) is 6.04 Å². The first-order valence-corrected chi connectivity index (χ1v) is 7.24. The van der Waals surface area contributed by atoms with Gasteiger partial charge in [0.05, 0.1) is 5.92 Å². The predicted octanol–water partition coefficient (Wildman–Crippen LogP) is 3.19. The summed E-state index contributed by atoms with van der Waals surface area (Å²) in [5, 5.41) is 11.8. The Hall–Kier alpha value is -2.04. The Balaban J connectivity index is 2.42. The fourth-order valence-electron chi connectivity index (χ4n) is 2.06. The van der Waals surface area contributed by atoms with Crippen LogP contribution in [-0.4, -0.2) is 23.2 Å². The van der Waals surface area contributed by atoms with Crippen LogP contribution in [0.2, 0.25) is 0 Å². The summed E-state index contributed by atoms with van der Waals surface area (Å²) in [4.78, 5) is 22.9. The lowest BCUT2D eigenvalue weighted by molar-refractivity contribution is -0.142. The van der Waals surface area contributed by atoms with Crippen molar-refractivity contribution in [3.8, 4) is 0 Å². The second kappa shape index (κ2) is 9.00. The molecule has 0 fully saturated rings.